The summed E-state index contributed by atoms with van der Waals surface area (Å²) >= 11 is 0. The topological polar surface area (TPSA) is 63.4 Å². The van der Waals surface area contributed by atoms with E-state index in [-0.39, 0.29) is 10.9 Å². The van der Waals surface area contributed by atoms with Crippen LogP contribution in [0, 0.1) is 5.82 Å². The van der Waals surface area contributed by atoms with Crippen LogP contribution in [0.3, 0.4) is 0 Å². The fraction of sp³-hybridized carbons (Fsp3) is 0.500. The molecule has 100 valence electrons. The van der Waals surface area contributed by atoms with Gasteiger partial charge in [-0.1, -0.05) is 0 Å². The van der Waals surface area contributed by atoms with Crippen LogP contribution in [-0.4, -0.2) is 31.9 Å². The molecule has 0 saturated heterocycles. The second kappa shape index (κ2) is 5.34. The highest BCUT2D eigenvalue weighted by molar-refractivity contribution is 7.89. The predicted octanol–water partition coefficient (Wildman–Crippen LogP) is 1.33. The molecule has 0 bridgehead atoms. The van der Waals surface area contributed by atoms with E-state index in [1.807, 2.05) is 0 Å². The molecule has 0 aliphatic heterocycles. The molecule has 18 heavy (non-hydrogen) atoms. The fourth-order valence-electron chi connectivity index (χ4n) is 1.85. The first-order valence-electron chi connectivity index (χ1n) is 6.03. The summed E-state index contributed by atoms with van der Waals surface area (Å²) in [5.74, 6) is -0.436. The number of halogens is 1. The van der Waals surface area contributed by atoms with Crippen LogP contribution in [-0.2, 0) is 10.0 Å². The van der Waals surface area contributed by atoms with E-state index in [2.05, 4.69) is 0 Å². The Balaban J connectivity index is 2.24. The van der Waals surface area contributed by atoms with E-state index < -0.39 is 15.8 Å². The molecule has 0 radical (unpaired) electrons. The second-order valence-corrected chi connectivity index (χ2v) is 6.33. The fourth-order valence-corrected chi connectivity index (χ4v) is 3.57. The molecule has 0 aromatic heterocycles. The Bertz CT molecular complexity index is 497. The third-order valence-corrected chi connectivity index (χ3v) is 4.92. The van der Waals surface area contributed by atoms with Crippen LogP contribution < -0.4 is 5.73 Å². The van der Waals surface area contributed by atoms with Gasteiger partial charge in [0.15, 0.2) is 0 Å². The molecule has 1 fully saturated rings. The number of rotatable bonds is 6. The normalized spacial score (nSPS) is 16.2. The SMILES string of the molecule is NCCCN(C1CC1)S(=O)(=O)c1ccc(F)cc1. The smallest absolute Gasteiger partial charge is 0.243 e. The van der Waals surface area contributed by atoms with Crippen molar-refractivity contribution in [2.45, 2.75) is 30.2 Å². The molecule has 0 atom stereocenters. The lowest BCUT2D eigenvalue weighted by Gasteiger charge is -2.21. The van der Waals surface area contributed by atoms with Crippen LogP contribution in [0.25, 0.3) is 0 Å². The van der Waals surface area contributed by atoms with E-state index in [1.165, 1.54) is 28.6 Å². The van der Waals surface area contributed by atoms with E-state index in [1.54, 1.807) is 0 Å². The van der Waals surface area contributed by atoms with E-state index >= 15 is 0 Å². The quantitative estimate of drug-likeness (QED) is 0.849. The van der Waals surface area contributed by atoms with Crippen LogP contribution in [0.15, 0.2) is 29.2 Å². The highest BCUT2D eigenvalue weighted by Crippen LogP contribution is 2.32. The first-order valence-corrected chi connectivity index (χ1v) is 7.47. The Hall–Kier alpha value is -0.980. The maximum atomic E-state index is 12.8. The first kappa shape index (κ1) is 13.5. The average Bonchev–Trinajstić information content (AvgIpc) is 3.14. The van der Waals surface area contributed by atoms with Gasteiger partial charge in [0.25, 0.3) is 0 Å². The van der Waals surface area contributed by atoms with Crippen LogP contribution in [0.4, 0.5) is 4.39 Å². The number of hydrogen-bond acceptors (Lipinski definition) is 3. The van der Waals surface area contributed by atoms with Crippen molar-refractivity contribution in [2.75, 3.05) is 13.1 Å². The Morgan fingerprint density at radius 1 is 1.28 bits per heavy atom. The molecule has 2 N–H and O–H groups in total. The molecular weight excluding hydrogens is 255 g/mol. The third-order valence-electron chi connectivity index (χ3n) is 2.96. The van der Waals surface area contributed by atoms with Gasteiger partial charge in [0, 0.05) is 12.6 Å². The minimum atomic E-state index is -3.52. The molecule has 0 unspecified atom stereocenters. The molecular formula is C12H17FN2O2S. The van der Waals surface area contributed by atoms with Gasteiger partial charge in [0.05, 0.1) is 4.90 Å². The highest BCUT2D eigenvalue weighted by Gasteiger charge is 2.37. The minimum Gasteiger partial charge on any atom is -0.330 e. The maximum Gasteiger partial charge on any atom is 0.243 e. The van der Waals surface area contributed by atoms with Crippen molar-refractivity contribution in [3.05, 3.63) is 30.1 Å². The van der Waals surface area contributed by atoms with Gasteiger partial charge in [0.1, 0.15) is 5.82 Å². The van der Waals surface area contributed by atoms with Gasteiger partial charge in [-0.05, 0) is 50.1 Å². The zero-order chi connectivity index (χ0) is 13.2. The molecule has 2 rings (SSSR count). The summed E-state index contributed by atoms with van der Waals surface area (Å²) < 4.78 is 39.1. The second-order valence-electron chi connectivity index (χ2n) is 4.44. The number of hydrogen-bond donors (Lipinski definition) is 1. The molecule has 1 saturated carbocycles. The molecule has 1 aromatic rings. The molecule has 4 nitrogen and oxygen atoms in total. The monoisotopic (exact) mass is 272 g/mol. The number of nitrogens with two attached hydrogens (primary N) is 1. The summed E-state index contributed by atoms with van der Waals surface area (Å²) in [7, 11) is -3.52. The summed E-state index contributed by atoms with van der Waals surface area (Å²) in [6.45, 7) is 0.892. The molecule has 0 amide bonds. The van der Waals surface area contributed by atoms with Crippen LogP contribution in [0.2, 0.25) is 0 Å². The summed E-state index contributed by atoms with van der Waals surface area (Å²) in [6.07, 6.45) is 2.42. The van der Waals surface area contributed by atoms with Gasteiger partial charge < -0.3 is 5.73 Å². The Labute approximate surface area is 107 Å². The molecule has 1 aromatic carbocycles. The zero-order valence-electron chi connectivity index (χ0n) is 10.0. The van der Waals surface area contributed by atoms with Crippen molar-refractivity contribution in [2.24, 2.45) is 5.73 Å². The Morgan fingerprint density at radius 2 is 1.89 bits per heavy atom. The summed E-state index contributed by atoms with van der Waals surface area (Å²) in [4.78, 5) is 0.146. The van der Waals surface area contributed by atoms with Gasteiger partial charge in [-0.25, -0.2) is 12.8 Å². The van der Waals surface area contributed by atoms with Crippen LogP contribution in [0.1, 0.15) is 19.3 Å². The molecule has 6 heteroatoms. The minimum absolute atomic E-state index is 0.0894. The maximum absolute atomic E-state index is 12.8. The largest absolute Gasteiger partial charge is 0.330 e. The first-order chi connectivity index (χ1) is 8.55. The predicted molar refractivity (Wildman–Crippen MR) is 67.0 cm³/mol. The Morgan fingerprint density at radius 3 is 2.39 bits per heavy atom. The van der Waals surface area contributed by atoms with E-state index in [0.29, 0.717) is 19.5 Å². The van der Waals surface area contributed by atoms with Crippen molar-refractivity contribution >= 4 is 10.0 Å². The highest BCUT2D eigenvalue weighted by atomic mass is 32.2. The lowest BCUT2D eigenvalue weighted by molar-refractivity contribution is 0.399. The van der Waals surface area contributed by atoms with Gasteiger partial charge in [-0.3, -0.25) is 0 Å². The number of benzene rings is 1. The molecule has 0 spiro atoms. The number of sulfonamides is 1. The van der Waals surface area contributed by atoms with Crippen molar-refractivity contribution < 1.29 is 12.8 Å². The van der Waals surface area contributed by atoms with Crippen molar-refractivity contribution in [1.29, 1.82) is 0 Å². The summed E-state index contributed by atoms with van der Waals surface area (Å²) in [5, 5.41) is 0. The van der Waals surface area contributed by atoms with Crippen LogP contribution in [0.5, 0.6) is 0 Å². The lowest BCUT2D eigenvalue weighted by Crippen LogP contribution is -2.34. The van der Waals surface area contributed by atoms with E-state index in [4.69, 9.17) is 5.73 Å². The standard InChI is InChI=1S/C12H17FN2O2S/c13-10-2-6-12(7-3-10)18(16,17)15(9-1-8-14)11-4-5-11/h2-3,6-7,11H,1,4-5,8-9,14H2. The van der Waals surface area contributed by atoms with Gasteiger partial charge in [-0.2, -0.15) is 4.31 Å². The van der Waals surface area contributed by atoms with Gasteiger partial charge >= 0.3 is 0 Å². The van der Waals surface area contributed by atoms with Crippen LogP contribution >= 0.6 is 0 Å². The average molecular weight is 272 g/mol. The molecule has 1 aliphatic rings. The van der Waals surface area contributed by atoms with Crippen molar-refractivity contribution in [3.8, 4) is 0 Å². The number of nitrogens with zero attached hydrogens (tertiary/aromatic N) is 1. The molecule has 0 heterocycles. The van der Waals surface area contributed by atoms with Crippen molar-refractivity contribution in [3.63, 3.8) is 0 Å². The van der Waals surface area contributed by atoms with Gasteiger partial charge in [-0.15, -0.1) is 0 Å². The summed E-state index contributed by atoms with van der Waals surface area (Å²) in [6, 6.07) is 5.04. The van der Waals surface area contributed by atoms with Crippen molar-refractivity contribution in [1.82, 2.24) is 4.31 Å². The lowest BCUT2D eigenvalue weighted by atomic mass is 10.4. The Kier molecular flexibility index (Phi) is 3.99. The van der Waals surface area contributed by atoms with E-state index in [9.17, 15) is 12.8 Å². The van der Waals surface area contributed by atoms with Gasteiger partial charge in [0.2, 0.25) is 10.0 Å². The summed E-state index contributed by atoms with van der Waals surface area (Å²) in [5.41, 5.74) is 5.43. The molecule has 1 aliphatic carbocycles. The zero-order valence-corrected chi connectivity index (χ0v) is 10.9. The third kappa shape index (κ3) is 2.88. The van der Waals surface area contributed by atoms with E-state index in [0.717, 1.165) is 12.8 Å².